The van der Waals surface area contributed by atoms with Gasteiger partial charge in [0, 0.05) is 23.1 Å². The maximum Gasteiger partial charge on any atom is 0.373 e. The van der Waals surface area contributed by atoms with Gasteiger partial charge in [0.2, 0.25) is 11.7 Å². The standard InChI is InChI=1S/C14H12N2O5/c1-7-6-9(4-5-10(7)16(19)20)13-15-11(8-2-3-8)12(21-13)14(17)18/h4-6,8H,2-3H2,1H3,(H,17,18). The van der Waals surface area contributed by atoms with Crippen LogP contribution in [0.2, 0.25) is 0 Å². The molecule has 7 heteroatoms. The topological polar surface area (TPSA) is 106 Å². The van der Waals surface area contributed by atoms with Crippen molar-refractivity contribution in [1.29, 1.82) is 0 Å². The summed E-state index contributed by atoms with van der Waals surface area (Å²) in [7, 11) is 0. The molecule has 108 valence electrons. The predicted molar refractivity (Wildman–Crippen MR) is 72.3 cm³/mol. The van der Waals surface area contributed by atoms with Gasteiger partial charge < -0.3 is 9.52 Å². The molecule has 0 aliphatic heterocycles. The van der Waals surface area contributed by atoms with Crippen LogP contribution in [0.1, 0.15) is 40.6 Å². The first-order valence-electron chi connectivity index (χ1n) is 6.47. The number of aromatic nitrogens is 1. The van der Waals surface area contributed by atoms with Crippen molar-refractivity contribution in [2.24, 2.45) is 0 Å². The van der Waals surface area contributed by atoms with Crippen LogP contribution in [0.15, 0.2) is 22.6 Å². The van der Waals surface area contributed by atoms with E-state index in [1.165, 1.54) is 12.1 Å². The van der Waals surface area contributed by atoms with E-state index in [0.29, 0.717) is 16.8 Å². The third kappa shape index (κ3) is 2.37. The van der Waals surface area contributed by atoms with Gasteiger partial charge in [-0.15, -0.1) is 0 Å². The molecule has 1 heterocycles. The molecule has 1 aliphatic carbocycles. The van der Waals surface area contributed by atoms with Gasteiger partial charge in [-0.25, -0.2) is 9.78 Å². The molecule has 2 aromatic rings. The highest BCUT2D eigenvalue weighted by atomic mass is 16.6. The van der Waals surface area contributed by atoms with Crippen molar-refractivity contribution < 1.29 is 19.2 Å². The van der Waals surface area contributed by atoms with Gasteiger partial charge in [0.05, 0.1) is 10.6 Å². The van der Waals surface area contributed by atoms with Crippen LogP contribution in [-0.4, -0.2) is 21.0 Å². The average Bonchev–Trinajstić information content (AvgIpc) is 3.16. The Labute approximate surface area is 119 Å². The van der Waals surface area contributed by atoms with E-state index in [1.807, 2.05) is 0 Å². The van der Waals surface area contributed by atoms with Crippen molar-refractivity contribution in [2.45, 2.75) is 25.7 Å². The lowest BCUT2D eigenvalue weighted by Gasteiger charge is -1.99. The summed E-state index contributed by atoms with van der Waals surface area (Å²) in [4.78, 5) is 25.8. The van der Waals surface area contributed by atoms with E-state index in [0.717, 1.165) is 12.8 Å². The van der Waals surface area contributed by atoms with Crippen LogP contribution in [0.4, 0.5) is 5.69 Å². The predicted octanol–water partition coefficient (Wildman–Crippen LogP) is 3.13. The fourth-order valence-electron chi connectivity index (χ4n) is 2.24. The van der Waals surface area contributed by atoms with Gasteiger partial charge in [0.25, 0.3) is 5.69 Å². The largest absolute Gasteiger partial charge is 0.475 e. The maximum atomic E-state index is 11.2. The van der Waals surface area contributed by atoms with E-state index in [9.17, 15) is 14.9 Å². The highest BCUT2D eigenvalue weighted by Crippen LogP contribution is 2.42. The summed E-state index contributed by atoms with van der Waals surface area (Å²) >= 11 is 0. The van der Waals surface area contributed by atoms with Gasteiger partial charge in [-0.1, -0.05) is 0 Å². The van der Waals surface area contributed by atoms with Crippen molar-refractivity contribution in [1.82, 2.24) is 4.98 Å². The molecule has 1 aliphatic rings. The number of aromatic carboxylic acids is 1. The molecule has 0 bridgehead atoms. The number of nitro benzene ring substituents is 1. The average molecular weight is 288 g/mol. The van der Waals surface area contributed by atoms with Crippen molar-refractivity contribution >= 4 is 11.7 Å². The first-order valence-corrected chi connectivity index (χ1v) is 6.47. The third-order valence-electron chi connectivity index (χ3n) is 3.45. The Bertz CT molecular complexity index is 746. The minimum Gasteiger partial charge on any atom is -0.475 e. The van der Waals surface area contributed by atoms with E-state index in [1.54, 1.807) is 13.0 Å². The lowest BCUT2D eigenvalue weighted by atomic mass is 10.1. The molecule has 0 spiro atoms. The Morgan fingerprint density at radius 3 is 2.71 bits per heavy atom. The molecule has 3 rings (SSSR count). The number of carboxylic acid groups (broad SMARTS) is 1. The molecule has 0 unspecified atom stereocenters. The number of carboxylic acids is 1. The highest BCUT2D eigenvalue weighted by molar-refractivity contribution is 5.86. The molecular weight excluding hydrogens is 276 g/mol. The van der Waals surface area contributed by atoms with Crippen LogP contribution in [0.5, 0.6) is 0 Å². The summed E-state index contributed by atoms with van der Waals surface area (Å²) in [5.74, 6) is -0.946. The van der Waals surface area contributed by atoms with Crippen molar-refractivity contribution in [2.75, 3.05) is 0 Å². The first-order chi connectivity index (χ1) is 9.97. The molecule has 7 nitrogen and oxygen atoms in total. The zero-order chi connectivity index (χ0) is 15.1. The van der Waals surface area contributed by atoms with Crippen molar-refractivity contribution in [3.63, 3.8) is 0 Å². The first kappa shape index (κ1) is 13.3. The van der Waals surface area contributed by atoms with E-state index in [-0.39, 0.29) is 23.3 Å². The van der Waals surface area contributed by atoms with E-state index >= 15 is 0 Å². The molecule has 1 N–H and O–H groups in total. The Morgan fingerprint density at radius 2 is 2.19 bits per heavy atom. The van der Waals surface area contributed by atoms with Gasteiger partial charge in [-0.3, -0.25) is 10.1 Å². The van der Waals surface area contributed by atoms with Gasteiger partial charge in [0.1, 0.15) is 0 Å². The molecule has 0 radical (unpaired) electrons. The third-order valence-corrected chi connectivity index (χ3v) is 3.45. The van der Waals surface area contributed by atoms with Gasteiger partial charge >= 0.3 is 5.97 Å². The van der Waals surface area contributed by atoms with Crippen LogP contribution in [0.3, 0.4) is 0 Å². The normalized spacial score (nSPS) is 14.1. The Balaban J connectivity index is 2.04. The SMILES string of the molecule is Cc1cc(-c2nc(C3CC3)c(C(=O)O)o2)ccc1[N+](=O)[O-]. The van der Waals surface area contributed by atoms with Crippen LogP contribution in [0.25, 0.3) is 11.5 Å². The summed E-state index contributed by atoms with van der Waals surface area (Å²) < 4.78 is 5.34. The minimum absolute atomic E-state index is 0.00572. The highest BCUT2D eigenvalue weighted by Gasteiger charge is 2.33. The second-order valence-electron chi connectivity index (χ2n) is 5.07. The summed E-state index contributed by atoms with van der Waals surface area (Å²) in [5, 5.41) is 20.0. The van der Waals surface area contributed by atoms with Gasteiger partial charge in [-0.2, -0.15) is 0 Å². The molecule has 1 saturated carbocycles. The molecule has 0 atom stereocenters. The Hall–Kier alpha value is -2.70. The Morgan fingerprint density at radius 1 is 1.48 bits per heavy atom. The van der Waals surface area contributed by atoms with E-state index in [2.05, 4.69) is 4.98 Å². The Kier molecular flexibility index (Phi) is 2.97. The summed E-state index contributed by atoms with van der Waals surface area (Å²) in [6.45, 7) is 1.62. The van der Waals surface area contributed by atoms with Gasteiger partial charge in [0.15, 0.2) is 0 Å². The summed E-state index contributed by atoms with van der Waals surface area (Å²) in [6.07, 6.45) is 1.82. The molecule has 1 aromatic heterocycles. The quantitative estimate of drug-likeness (QED) is 0.684. The number of carbonyl (C=O) groups is 1. The number of nitro groups is 1. The lowest BCUT2D eigenvalue weighted by Crippen LogP contribution is -1.98. The zero-order valence-electron chi connectivity index (χ0n) is 11.2. The molecule has 1 fully saturated rings. The zero-order valence-corrected chi connectivity index (χ0v) is 11.2. The number of hydrogen-bond acceptors (Lipinski definition) is 5. The van der Waals surface area contributed by atoms with Crippen LogP contribution in [0, 0.1) is 17.0 Å². The van der Waals surface area contributed by atoms with Gasteiger partial charge in [-0.05, 0) is 31.9 Å². The second kappa shape index (κ2) is 4.69. The van der Waals surface area contributed by atoms with Crippen LogP contribution in [-0.2, 0) is 0 Å². The number of oxazole rings is 1. The monoisotopic (exact) mass is 288 g/mol. The molecular formula is C14H12N2O5. The van der Waals surface area contributed by atoms with Crippen molar-refractivity contribution in [3.05, 3.63) is 45.3 Å². The minimum atomic E-state index is -1.14. The van der Waals surface area contributed by atoms with Crippen LogP contribution < -0.4 is 0 Å². The molecule has 21 heavy (non-hydrogen) atoms. The number of hydrogen-bond donors (Lipinski definition) is 1. The molecule has 0 amide bonds. The van der Waals surface area contributed by atoms with Crippen LogP contribution >= 0.6 is 0 Å². The smallest absolute Gasteiger partial charge is 0.373 e. The number of benzene rings is 1. The fourth-order valence-corrected chi connectivity index (χ4v) is 2.24. The molecule has 1 aromatic carbocycles. The molecule has 0 saturated heterocycles. The number of nitrogens with zero attached hydrogens (tertiary/aromatic N) is 2. The van der Waals surface area contributed by atoms with E-state index < -0.39 is 10.9 Å². The maximum absolute atomic E-state index is 11.2. The second-order valence-corrected chi connectivity index (χ2v) is 5.07. The summed E-state index contributed by atoms with van der Waals surface area (Å²) in [5.41, 5.74) is 1.48. The number of rotatable bonds is 4. The van der Waals surface area contributed by atoms with E-state index in [4.69, 9.17) is 9.52 Å². The van der Waals surface area contributed by atoms with Crippen molar-refractivity contribution in [3.8, 4) is 11.5 Å². The number of aryl methyl sites for hydroxylation is 1. The summed E-state index contributed by atoms with van der Waals surface area (Å²) in [6, 6.07) is 4.46. The fraction of sp³-hybridized carbons (Fsp3) is 0.286. The lowest BCUT2D eigenvalue weighted by molar-refractivity contribution is -0.385.